The fourth-order valence-electron chi connectivity index (χ4n) is 5.07. The molecule has 0 aliphatic carbocycles. The fourth-order valence-corrected chi connectivity index (χ4v) is 5.07. The standard InChI is InChI=1S/C35H38N2O9/c1-22(37(19-11-14-23-12-7-5-8-13-23)32(40)30-27(33(41)42)21-29(38)45-30)26(34(43)46-35(2,3)4)20-25-17-18-28(44-25)31(39)36-24-15-9-6-10-16-24/h5-18,22,26-27,30H,19-21H2,1-4H3,(H,36,39)(H,41,42). The summed E-state index contributed by atoms with van der Waals surface area (Å²) < 4.78 is 16.8. The molecular weight excluding hydrogens is 592 g/mol. The molecule has 11 heteroatoms. The average Bonchev–Trinajstić information content (AvgIpc) is 3.64. The van der Waals surface area contributed by atoms with Gasteiger partial charge in [0.25, 0.3) is 11.8 Å². The van der Waals surface area contributed by atoms with Gasteiger partial charge in [-0.3, -0.25) is 24.0 Å². The van der Waals surface area contributed by atoms with Gasteiger partial charge >= 0.3 is 17.9 Å². The highest BCUT2D eigenvalue weighted by Crippen LogP contribution is 2.29. The first-order valence-electron chi connectivity index (χ1n) is 14.9. The molecule has 2 aromatic carbocycles. The van der Waals surface area contributed by atoms with Crippen molar-refractivity contribution in [2.75, 3.05) is 11.9 Å². The van der Waals surface area contributed by atoms with Crippen LogP contribution in [0, 0.1) is 11.8 Å². The number of para-hydroxylation sites is 1. The Morgan fingerprint density at radius 1 is 1.02 bits per heavy atom. The Bertz CT molecular complexity index is 1570. The molecule has 4 atom stereocenters. The van der Waals surface area contributed by atoms with E-state index in [1.807, 2.05) is 36.4 Å². The van der Waals surface area contributed by atoms with E-state index in [4.69, 9.17) is 13.9 Å². The largest absolute Gasteiger partial charge is 0.481 e. The predicted octanol–water partition coefficient (Wildman–Crippen LogP) is 4.98. The number of carboxylic acid groups (broad SMARTS) is 1. The molecule has 0 radical (unpaired) electrons. The van der Waals surface area contributed by atoms with E-state index in [0.717, 1.165) is 5.56 Å². The van der Waals surface area contributed by atoms with Crippen LogP contribution < -0.4 is 5.32 Å². The second-order valence-electron chi connectivity index (χ2n) is 12.0. The number of hydrogen-bond acceptors (Lipinski definition) is 8. The van der Waals surface area contributed by atoms with Gasteiger partial charge in [0.2, 0.25) is 0 Å². The Morgan fingerprint density at radius 3 is 2.30 bits per heavy atom. The number of esters is 2. The Kier molecular flexibility index (Phi) is 10.8. The summed E-state index contributed by atoms with van der Waals surface area (Å²) in [5.41, 5.74) is 0.575. The molecule has 0 saturated carbocycles. The predicted molar refractivity (Wildman–Crippen MR) is 168 cm³/mol. The number of amides is 2. The highest BCUT2D eigenvalue weighted by Gasteiger charge is 2.48. The first kappa shape index (κ1) is 33.7. The van der Waals surface area contributed by atoms with Gasteiger partial charge in [-0.25, -0.2) is 0 Å². The Balaban J connectivity index is 1.64. The van der Waals surface area contributed by atoms with E-state index in [-0.39, 0.29) is 18.7 Å². The molecule has 2 amide bonds. The smallest absolute Gasteiger partial charge is 0.312 e. The van der Waals surface area contributed by atoms with E-state index in [2.05, 4.69) is 5.32 Å². The van der Waals surface area contributed by atoms with Crippen LogP contribution in [0.2, 0.25) is 0 Å². The molecule has 2 heterocycles. The first-order chi connectivity index (χ1) is 21.8. The lowest BCUT2D eigenvalue weighted by Gasteiger charge is -2.35. The number of hydrogen-bond donors (Lipinski definition) is 2. The van der Waals surface area contributed by atoms with Gasteiger partial charge in [-0.05, 0) is 57.5 Å². The molecule has 4 rings (SSSR count). The number of carboxylic acids is 1. The molecule has 0 spiro atoms. The second kappa shape index (κ2) is 14.7. The van der Waals surface area contributed by atoms with E-state index in [1.54, 1.807) is 70.2 Å². The van der Waals surface area contributed by atoms with Crippen molar-refractivity contribution < 1.29 is 43.0 Å². The van der Waals surface area contributed by atoms with Crippen molar-refractivity contribution in [2.24, 2.45) is 11.8 Å². The summed E-state index contributed by atoms with van der Waals surface area (Å²) in [6.07, 6.45) is 1.45. The molecule has 0 bridgehead atoms. The van der Waals surface area contributed by atoms with Crippen molar-refractivity contribution in [3.63, 3.8) is 0 Å². The van der Waals surface area contributed by atoms with Crippen molar-refractivity contribution in [1.82, 2.24) is 4.90 Å². The molecule has 11 nitrogen and oxygen atoms in total. The van der Waals surface area contributed by atoms with Gasteiger partial charge in [0.15, 0.2) is 11.9 Å². The molecule has 2 N–H and O–H groups in total. The molecule has 1 aliphatic rings. The number of carbonyl (C=O) groups is 5. The molecule has 46 heavy (non-hydrogen) atoms. The maximum atomic E-state index is 13.9. The number of furan rings is 1. The minimum Gasteiger partial charge on any atom is -0.481 e. The van der Waals surface area contributed by atoms with Gasteiger partial charge in [0, 0.05) is 24.7 Å². The van der Waals surface area contributed by atoms with Gasteiger partial charge in [-0.15, -0.1) is 0 Å². The number of ether oxygens (including phenoxy) is 2. The molecule has 1 fully saturated rings. The lowest BCUT2D eigenvalue weighted by atomic mass is 9.92. The third-order valence-electron chi connectivity index (χ3n) is 7.39. The lowest BCUT2D eigenvalue weighted by molar-refractivity contribution is -0.166. The van der Waals surface area contributed by atoms with Crippen LogP contribution in [0.4, 0.5) is 5.69 Å². The average molecular weight is 631 g/mol. The van der Waals surface area contributed by atoms with E-state index >= 15 is 0 Å². The third kappa shape index (κ3) is 8.93. The van der Waals surface area contributed by atoms with Crippen LogP contribution in [-0.2, 0) is 35.1 Å². The van der Waals surface area contributed by atoms with E-state index in [0.29, 0.717) is 11.4 Å². The van der Waals surface area contributed by atoms with Crippen molar-refractivity contribution in [3.05, 3.63) is 96.0 Å². The lowest BCUT2D eigenvalue weighted by Crippen LogP contribution is -2.52. The number of cyclic esters (lactones) is 1. The summed E-state index contributed by atoms with van der Waals surface area (Å²) in [4.78, 5) is 65.8. The number of rotatable bonds is 12. The van der Waals surface area contributed by atoms with Crippen molar-refractivity contribution >= 4 is 41.5 Å². The minimum absolute atomic E-state index is 0.0235. The monoisotopic (exact) mass is 630 g/mol. The zero-order valence-corrected chi connectivity index (χ0v) is 26.2. The van der Waals surface area contributed by atoms with Crippen molar-refractivity contribution in [1.29, 1.82) is 0 Å². The molecule has 4 unspecified atom stereocenters. The number of carbonyl (C=O) groups excluding carboxylic acids is 4. The Morgan fingerprint density at radius 2 is 1.67 bits per heavy atom. The van der Waals surface area contributed by atoms with E-state index in [1.165, 1.54) is 11.0 Å². The van der Waals surface area contributed by atoms with Crippen LogP contribution >= 0.6 is 0 Å². The minimum atomic E-state index is -1.56. The van der Waals surface area contributed by atoms with Gasteiger partial charge in [-0.2, -0.15) is 0 Å². The van der Waals surface area contributed by atoms with Crippen LogP contribution in [0.15, 0.2) is 83.3 Å². The molecule has 1 aromatic heterocycles. The van der Waals surface area contributed by atoms with Crippen LogP contribution in [0.3, 0.4) is 0 Å². The number of nitrogens with one attached hydrogen (secondary N) is 1. The van der Waals surface area contributed by atoms with E-state index in [9.17, 15) is 29.1 Å². The van der Waals surface area contributed by atoms with E-state index < -0.39 is 65.7 Å². The quantitative estimate of drug-likeness (QED) is 0.264. The molecule has 1 saturated heterocycles. The summed E-state index contributed by atoms with van der Waals surface area (Å²) in [5.74, 6) is -6.05. The van der Waals surface area contributed by atoms with Gasteiger partial charge in [0.1, 0.15) is 17.3 Å². The van der Waals surface area contributed by atoms with Crippen molar-refractivity contribution in [3.8, 4) is 0 Å². The number of benzene rings is 2. The maximum Gasteiger partial charge on any atom is 0.312 e. The SMILES string of the molecule is CC(C(Cc1ccc(C(=O)Nc2ccccc2)o1)C(=O)OC(C)(C)C)N(CC=Cc1ccccc1)C(=O)C1OC(=O)CC1C(=O)O. The molecule has 242 valence electrons. The molecule has 3 aromatic rings. The highest BCUT2D eigenvalue weighted by molar-refractivity contribution is 6.02. The van der Waals surface area contributed by atoms with Crippen LogP contribution in [0.25, 0.3) is 6.08 Å². The zero-order valence-electron chi connectivity index (χ0n) is 26.2. The fraction of sp³-hybridized carbons (Fsp3) is 0.343. The van der Waals surface area contributed by atoms with Crippen LogP contribution in [0.5, 0.6) is 0 Å². The maximum absolute atomic E-state index is 13.9. The zero-order chi connectivity index (χ0) is 33.4. The number of nitrogens with zero attached hydrogens (tertiary/aromatic N) is 1. The third-order valence-corrected chi connectivity index (χ3v) is 7.39. The molecule has 1 aliphatic heterocycles. The van der Waals surface area contributed by atoms with Gasteiger partial charge < -0.3 is 29.2 Å². The normalized spacial score (nSPS) is 17.6. The van der Waals surface area contributed by atoms with Crippen molar-refractivity contribution in [2.45, 2.75) is 58.3 Å². The van der Waals surface area contributed by atoms with Crippen LogP contribution in [0.1, 0.15) is 56.0 Å². The summed E-state index contributed by atoms with van der Waals surface area (Å²) >= 11 is 0. The summed E-state index contributed by atoms with van der Waals surface area (Å²) in [5, 5.41) is 12.5. The Labute approximate surface area is 267 Å². The first-order valence-corrected chi connectivity index (χ1v) is 14.9. The summed E-state index contributed by atoms with van der Waals surface area (Å²) in [6.45, 7) is 6.75. The number of aliphatic carboxylic acids is 1. The Hall–Kier alpha value is -5.19. The number of anilines is 1. The van der Waals surface area contributed by atoms with Gasteiger partial charge in [0.05, 0.1) is 12.3 Å². The summed E-state index contributed by atoms with van der Waals surface area (Å²) in [7, 11) is 0. The second-order valence-corrected chi connectivity index (χ2v) is 12.0. The topological polar surface area (TPSA) is 152 Å². The summed E-state index contributed by atoms with van der Waals surface area (Å²) in [6, 6.07) is 20.4. The van der Waals surface area contributed by atoms with Crippen LogP contribution in [-0.4, -0.2) is 64.0 Å². The highest BCUT2D eigenvalue weighted by atomic mass is 16.6. The van der Waals surface area contributed by atoms with Gasteiger partial charge in [-0.1, -0.05) is 60.7 Å². The molecular formula is C35H38N2O9.